The summed E-state index contributed by atoms with van der Waals surface area (Å²) in [5.41, 5.74) is -0.0291. The zero-order chi connectivity index (χ0) is 16.2. The van der Waals surface area contributed by atoms with Crippen molar-refractivity contribution >= 4 is 23.1 Å². The number of hydrogen-bond acceptors (Lipinski definition) is 6. The fourth-order valence-corrected chi connectivity index (χ4v) is 1.66. The number of benzene rings is 1. The molecule has 0 heterocycles. The van der Waals surface area contributed by atoms with Crippen LogP contribution in [0.15, 0.2) is 30.4 Å². The lowest BCUT2D eigenvalue weighted by Gasteiger charge is -2.14. The van der Waals surface area contributed by atoms with Crippen LogP contribution in [0, 0.1) is 10.1 Å². The fourth-order valence-electron chi connectivity index (χ4n) is 1.66. The number of Topliss-reactive ketones (excluding diaryl/α,β-unsaturated/α-hetero) is 1. The molecular weight excluding hydrogens is 276 g/mol. The minimum absolute atomic E-state index is 0.127. The molecule has 0 aliphatic carbocycles. The summed E-state index contributed by atoms with van der Waals surface area (Å²) in [6.45, 7) is 5.16. The fraction of sp³-hybridized carbons (Fsp3) is 0.286. The molecule has 1 aromatic rings. The van der Waals surface area contributed by atoms with Gasteiger partial charge in [-0.15, -0.1) is 0 Å². The van der Waals surface area contributed by atoms with Gasteiger partial charge in [0.25, 0.3) is 5.69 Å². The van der Waals surface area contributed by atoms with Crippen LogP contribution in [0.2, 0.25) is 0 Å². The maximum Gasteiger partial charge on any atom is 0.341 e. The molecular formula is C14H16N2O5. The van der Waals surface area contributed by atoms with Crippen molar-refractivity contribution in [2.75, 3.05) is 25.6 Å². The van der Waals surface area contributed by atoms with Gasteiger partial charge < -0.3 is 9.64 Å². The van der Waals surface area contributed by atoms with E-state index in [4.69, 9.17) is 4.74 Å². The molecule has 7 heteroatoms. The number of carbonyl (C=O) groups excluding carboxylic acids is 2. The van der Waals surface area contributed by atoms with Crippen LogP contribution in [0.5, 0.6) is 0 Å². The summed E-state index contributed by atoms with van der Waals surface area (Å²) in [5, 5.41) is 10.9. The van der Waals surface area contributed by atoms with Crippen molar-refractivity contribution in [3.8, 4) is 0 Å². The minimum Gasteiger partial charge on any atom is -0.462 e. The number of rotatable bonds is 6. The molecule has 1 rings (SSSR count). The number of nitrogens with zero attached hydrogens (tertiary/aromatic N) is 2. The van der Waals surface area contributed by atoms with E-state index in [-0.39, 0.29) is 29.1 Å². The average molecular weight is 292 g/mol. The number of nitro benzene ring substituents is 1. The largest absolute Gasteiger partial charge is 0.462 e. The van der Waals surface area contributed by atoms with E-state index < -0.39 is 16.7 Å². The Kier molecular flexibility index (Phi) is 5.18. The second-order valence-electron chi connectivity index (χ2n) is 4.38. The molecule has 0 amide bonds. The molecule has 112 valence electrons. The summed E-state index contributed by atoms with van der Waals surface area (Å²) in [6.07, 6.45) is 0. The molecule has 0 aliphatic rings. The van der Waals surface area contributed by atoms with Gasteiger partial charge in [0.1, 0.15) is 11.3 Å². The first-order valence-electron chi connectivity index (χ1n) is 6.16. The Balaban J connectivity index is 3.18. The maximum absolute atomic E-state index is 12.1. The van der Waals surface area contributed by atoms with E-state index in [9.17, 15) is 19.7 Å². The number of carbonyl (C=O) groups is 2. The molecule has 7 nitrogen and oxygen atoms in total. The summed E-state index contributed by atoms with van der Waals surface area (Å²) < 4.78 is 4.71. The van der Waals surface area contributed by atoms with Crippen LogP contribution in [0.3, 0.4) is 0 Å². The predicted octanol–water partition coefficient (Wildman–Crippen LogP) is 1.96. The van der Waals surface area contributed by atoms with Gasteiger partial charge in [-0.05, 0) is 19.1 Å². The third kappa shape index (κ3) is 3.65. The monoisotopic (exact) mass is 292 g/mol. The van der Waals surface area contributed by atoms with Crippen molar-refractivity contribution in [1.82, 2.24) is 0 Å². The van der Waals surface area contributed by atoms with E-state index in [1.165, 1.54) is 23.1 Å². The van der Waals surface area contributed by atoms with Gasteiger partial charge in [-0.25, -0.2) is 4.79 Å². The first-order chi connectivity index (χ1) is 9.79. The molecule has 0 N–H and O–H groups in total. The number of ketones is 1. The molecule has 1 aromatic carbocycles. The Bertz CT molecular complexity index is 607. The Morgan fingerprint density at radius 3 is 2.48 bits per heavy atom. The van der Waals surface area contributed by atoms with Gasteiger partial charge in [-0.2, -0.15) is 0 Å². The molecule has 0 bridgehead atoms. The first kappa shape index (κ1) is 16.4. The summed E-state index contributed by atoms with van der Waals surface area (Å²) >= 11 is 0. The maximum atomic E-state index is 12.1. The standard InChI is InChI=1S/C14H16N2O5/c1-5-21-14(18)9(2)13(17)10-6-7-11(16(19)20)12(8-10)15(3)4/h6-8H,2,5H2,1,3-4H3. The second-order valence-corrected chi connectivity index (χ2v) is 4.38. The van der Waals surface area contributed by atoms with Gasteiger partial charge in [0, 0.05) is 25.7 Å². The summed E-state index contributed by atoms with van der Waals surface area (Å²) in [7, 11) is 3.24. The van der Waals surface area contributed by atoms with Gasteiger partial charge in [0.05, 0.1) is 11.5 Å². The molecule has 21 heavy (non-hydrogen) atoms. The molecule has 0 aromatic heterocycles. The van der Waals surface area contributed by atoms with Crippen LogP contribution in [0.25, 0.3) is 0 Å². The van der Waals surface area contributed by atoms with Crippen molar-refractivity contribution in [2.45, 2.75) is 6.92 Å². The van der Waals surface area contributed by atoms with Gasteiger partial charge in [0.15, 0.2) is 5.78 Å². The summed E-state index contributed by atoms with van der Waals surface area (Å²) in [4.78, 5) is 35.5. The van der Waals surface area contributed by atoms with Gasteiger partial charge >= 0.3 is 5.97 Å². The summed E-state index contributed by atoms with van der Waals surface area (Å²) in [5.74, 6) is -1.42. The molecule has 0 radical (unpaired) electrons. The predicted molar refractivity (Wildman–Crippen MR) is 77.5 cm³/mol. The lowest BCUT2D eigenvalue weighted by Crippen LogP contribution is -2.16. The Morgan fingerprint density at radius 2 is 2.00 bits per heavy atom. The molecule has 0 fully saturated rings. The topological polar surface area (TPSA) is 89.8 Å². The van der Waals surface area contributed by atoms with E-state index in [0.717, 1.165) is 0 Å². The van der Waals surface area contributed by atoms with E-state index in [1.54, 1.807) is 21.0 Å². The number of anilines is 1. The van der Waals surface area contributed by atoms with Crippen LogP contribution in [0.4, 0.5) is 11.4 Å². The van der Waals surface area contributed by atoms with E-state index in [2.05, 4.69) is 6.58 Å². The van der Waals surface area contributed by atoms with Gasteiger partial charge in [-0.3, -0.25) is 14.9 Å². The molecule has 0 spiro atoms. The average Bonchev–Trinajstić information content (AvgIpc) is 2.45. The quantitative estimate of drug-likeness (QED) is 0.151. The zero-order valence-corrected chi connectivity index (χ0v) is 12.1. The van der Waals surface area contributed by atoms with Crippen LogP contribution >= 0.6 is 0 Å². The van der Waals surface area contributed by atoms with Crippen molar-refractivity contribution < 1.29 is 19.2 Å². The van der Waals surface area contributed by atoms with Gasteiger partial charge in [-0.1, -0.05) is 6.58 Å². The highest BCUT2D eigenvalue weighted by Gasteiger charge is 2.22. The number of ether oxygens (including phenoxy) is 1. The smallest absolute Gasteiger partial charge is 0.341 e. The van der Waals surface area contributed by atoms with Crippen LogP contribution in [-0.4, -0.2) is 37.4 Å². The van der Waals surface area contributed by atoms with Crippen molar-refractivity contribution in [3.63, 3.8) is 0 Å². The SMILES string of the molecule is C=C(C(=O)OCC)C(=O)c1ccc([N+](=O)[O-])c(N(C)C)c1. The molecule has 0 saturated carbocycles. The Labute approximate surface area is 122 Å². The number of nitro groups is 1. The Morgan fingerprint density at radius 1 is 1.38 bits per heavy atom. The third-order valence-corrected chi connectivity index (χ3v) is 2.71. The molecule has 0 unspecified atom stereocenters. The van der Waals surface area contributed by atoms with E-state index in [0.29, 0.717) is 0 Å². The lowest BCUT2D eigenvalue weighted by atomic mass is 10.0. The second kappa shape index (κ2) is 6.65. The number of hydrogen-bond donors (Lipinski definition) is 0. The normalized spacial score (nSPS) is 9.86. The number of esters is 1. The first-order valence-corrected chi connectivity index (χ1v) is 6.16. The lowest BCUT2D eigenvalue weighted by molar-refractivity contribution is -0.384. The van der Waals surface area contributed by atoms with E-state index >= 15 is 0 Å². The van der Waals surface area contributed by atoms with Crippen LogP contribution < -0.4 is 4.90 Å². The highest BCUT2D eigenvalue weighted by Crippen LogP contribution is 2.28. The highest BCUT2D eigenvalue weighted by atomic mass is 16.6. The van der Waals surface area contributed by atoms with Crippen molar-refractivity contribution in [2.24, 2.45) is 0 Å². The van der Waals surface area contributed by atoms with Crippen molar-refractivity contribution in [3.05, 3.63) is 46.0 Å². The highest BCUT2D eigenvalue weighted by molar-refractivity contribution is 6.24. The van der Waals surface area contributed by atoms with Gasteiger partial charge in [0.2, 0.25) is 0 Å². The molecule has 0 atom stereocenters. The third-order valence-electron chi connectivity index (χ3n) is 2.71. The molecule has 0 aliphatic heterocycles. The zero-order valence-electron chi connectivity index (χ0n) is 12.1. The molecule has 0 saturated heterocycles. The van der Waals surface area contributed by atoms with Crippen LogP contribution in [-0.2, 0) is 9.53 Å². The van der Waals surface area contributed by atoms with E-state index in [1.807, 2.05) is 0 Å². The minimum atomic E-state index is -0.799. The summed E-state index contributed by atoms with van der Waals surface area (Å²) in [6, 6.07) is 3.86. The van der Waals surface area contributed by atoms with Crippen LogP contribution in [0.1, 0.15) is 17.3 Å². The van der Waals surface area contributed by atoms with Crippen molar-refractivity contribution in [1.29, 1.82) is 0 Å². The Hall–Kier alpha value is -2.70.